The van der Waals surface area contributed by atoms with Crippen LogP contribution >= 0.6 is 11.6 Å². The highest BCUT2D eigenvalue weighted by Gasteiger charge is 2.07. The smallest absolute Gasteiger partial charge is 0.193 e. The second-order valence-electron chi connectivity index (χ2n) is 2.82. The molecule has 0 aliphatic carbocycles. The highest BCUT2D eigenvalue weighted by atomic mass is 35.5. The number of halogens is 1. The number of nitrogens with one attached hydrogen (secondary N) is 1. The monoisotopic (exact) mass is 187 g/mol. The molecule has 0 amide bonds. The van der Waals surface area contributed by atoms with Crippen LogP contribution in [0.4, 0.5) is 0 Å². The molecule has 0 aliphatic rings. The van der Waals surface area contributed by atoms with Crippen LogP contribution in [-0.4, -0.2) is 6.54 Å². The molecule has 1 heterocycles. The molecule has 1 rings (SSSR count). The Morgan fingerprint density at radius 3 is 2.83 bits per heavy atom. The van der Waals surface area contributed by atoms with Crippen molar-refractivity contribution < 1.29 is 4.42 Å². The lowest BCUT2D eigenvalue weighted by Crippen LogP contribution is -2.18. The largest absolute Gasteiger partial charge is 0.448 e. The van der Waals surface area contributed by atoms with E-state index in [1.54, 1.807) is 6.07 Å². The second-order valence-corrected chi connectivity index (χ2v) is 3.19. The Bertz CT molecular complexity index is 234. The molecule has 0 saturated heterocycles. The van der Waals surface area contributed by atoms with Crippen LogP contribution in [0.25, 0.3) is 0 Å². The Balaban J connectivity index is 2.47. The normalized spacial score (nSPS) is 13.2. The van der Waals surface area contributed by atoms with E-state index in [-0.39, 0.29) is 6.04 Å². The van der Waals surface area contributed by atoms with Gasteiger partial charge in [-0.1, -0.05) is 6.92 Å². The van der Waals surface area contributed by atoms with E-state index in [0.29, 0.717) is 5.22 Å². The third kappa shape index (κ3) is 2.54. The molecular weight excluding hydrogens is 174 g/mol. The Morgan fingerprint density at radius 2 is 2.33 bits per heavy atom. The summed E-state index contributed by atoms with van der Waals surface area (Å²) in [5, 5.41) is 3.76. The van der Waals surface area contributed by atoms with Crippen molar-refractivity contribution in [1.29, 1.82) is 0 Å². The highest BCUT2D eigenvalue weighted by Crippen LogP contribution is 2.19. The number of hydrogen-bond acceptors (Lipinski definition) is 2. The van der Waals surface area contributed by atoms with E-state index in [1.165, 1.54) is 0 Å². The van der Waals surface area contributed by atoms with Crippen molar-refractivity contribution >= 4 is 11.6 Å². The summed E-state index contributed by atoms with van der Waals surface area (Å²) in [4.78, 5) is 0. The fraction of sp³-hybridized carbons (Fsp3) is 0.556. The van der Waals surface area contributed by atoms with Gasteiger partial charge in [-0.15, -0.1) is 0 Å². The van der Waals surface area contributed by atoms with Gasteiger partial charge in [-0.05, 0) is 43.6 Å². The van der Waals surface area contributed by atoms with Crippen LogP contribution in [-0.2, 0) is 0 Å². The van der Waals surface area contributed by atoms with Crippen molar-refractivity contribution in [3.8, 4) is 0 Å². The van der Waals surface area contributed by atoms with Gasteiger partial charge >= 0.3 is 0 Å². The van der Waals surface area contributed by atoms with Crippen LogP contribution in [0, 0.1) is 0 Å². The molecule has 3 heteroatoms. The van der Waals surface area contributed by atoms with Gasteiger partial charge in [-0.25, -0.2) is 0 Å². The first-order valence-corrected chi connectivity index (χ1v) is 4.60. The average molecular weight is 188 g/mol. The maximum Gasteiger partial charge on any atom is 0.193 e. The van der Waals surface area contributed by atoms with Crippen LogP contribution in [0.1, 0.15) is 32.1 Å². The summed E-state index contributed by atoms with van der Waals surface area (Å²) in [5.74, 6) is 0.897. The molecule has 1 aromatic heterocycles. The molecule has 12 heavy (non-hydrogen) atoms. The summed E-state index contributed by atoms with van der Waals surface area (Å²) < 4.78 is 5.25. The molecule has 0 saturated carbocycles. The summed E-state index contributed by atoms with van der Waals surface area (Å²) in [6.45, 7) is 5.19. The van der Waals surface area contributed by atoms with Gasteiger partial charge < -0.3 is 9.73 Å². The Kier molecular flexibility index (Phi) is 3.63. The fourth-order valence-corrected chi connectivity index (χ4v) is 1.17. The lowest BCUT2D eigenvalue weighted by molar-refractivity contribution is 0.432. The van der Waals surface area contributed by atoms with E-state index in [1.807, 2.05) is 6.07 Å². The topological polar surface area (TPSA) is 25.2 Å². The molecule has 1 atom stereocenters. The van der Waals surface area contributed by atoms with Crippen molar-refractivity contribution in [2.45, 2.75) is 26.3 Å². The highest BCUT2D eigenvalue weighted by molar-refractivity contribution is 6.28. The zero-order chi connectivity index (χ0) is 8.97. The molecule has 0 aliphatic heterocycles. The molecule has 2 nitrogen and oxygen atoms in total. The van der Waals surface area contributed by atoms with E-state index in [2.05, 4.69) is 19.2 Å². The van der Waals surface area contributed by atoms with Gasteiger partial charge in [0.1, 0.15) is 5.76 Å². The molecule has 68 valence electrons. The van der Waals surface area contributed by atoms with Crippen molar-refractivity contribution in [1.82, 2.24) is 5.32 Å². The maximum atomic E-state index is 5.64. The van der Waals surface area contributed by atoms with E-state index < -0.39 is 0 Å². The fourth-order valence-electron chi connectivity index (χ4n) is 1.02. The van der Waals surface area contributed by atoms with Crippen LogP contribution in [0.5, 0.6) is 0 Å². The summed E-state index contributed by atoms with van der Waals surface area (Å²) >= 11 is 5.64. The summed E-state index contributed by atoms with van der Waals surface area (Å²) in [6, 6.07) is 3.91. The molecule has 0 fully saturated rings. The third-order valence-electron chi connectivity index (χ3n) is 1.72. The van der Waals surface area contributed by atoms with E-state index >= 15 is 0 Å². The van der Waals surface area contributed by atoms with E-state index in [0.717, 1.165) is 18.7 Å². The molecule has 1 N–H and O–H groups in total. The Labute approximate surface area is 77.9 Å². The van der Waals surface area contributed by atoms with Gasteiger partial charge in [0.2, 0.25) is 0 Å². The Morgan fingerprint density at radius 1 is 1.58 bits per heavy atom. The molecule has 1 aromatic rings. The molecular formula is C9H14ClNO. The zero-order valence-electron chi connectivity index (χ0n) is 7.43. The molecule has 0 spiro atoms. The summed E-state index contributed by atoms with van der Waals surface area (Å²) in [6.07, 6.45) is 1.12. The van der Waals surface area contributed by atoms with Gasteiger partial charge in [0.15, 0.2) is 5.22 Å². The summed E-state index contributed by atoms with van der Waals surface area (Å²) in [5.41, 5.74) is 0. The third-order valence-corrected chi connectivity index (χ3v) is 1.92. The first-order chi connectivity index (χ1) is 5.74. The predicted octanol–water partition coefficient (Wildman–Crippen LogP) is 2.99. The van der Waals surface area contributed by atoms with Crippen molar-refractivity contribution in [3.05, 3.63) is 23.1 Å². The minimum atomic E-state index is 0.248. The predicted molar refractivity (Wildman–Crippen MR) is 50.4 cm³/mol. The first kappa shape index (κ1) is 9.62. The van der Waals surface area contributed by atoms with Crippen LogP contribution in [0.3, 0.4) is 0 Å². The minimum Gasteiger partial charge on any atom is -0.448 e. The summed E-state index contributed by atoms with van der Waals surface area (Å²) in [7, 11) is 0. The lowest BCUT2D eigenvalue weighted by Gasteiger charge is -2.09. The van der Waals surface area contributed by atoms with Gasteiger partial charge in [-0.3, -0.25) is 0 Å². The number of furan rings is 1. The molecule has 0 aromatic carbocycles. The van der Waals surface area contributed by atoms with Crippen molar-refractivity contribution in [2.75, 3.05) is 6.54 Å². The van der Waals surface area contributed by atoms with E-state index in [4.69, 9.17) is 16.0 Å². The van der Waals surface area contributed by atoms with Crippen molar-refractivity contribution in [2.24, 2.45) is 0 Å². The van der Waals surface area contributed by atoms with Crippen LogP contribution in [0.15, 0.2) is 16.5 Å². The SMILES string of the molecule is CCCNC(C)c1ccc(Cl)o1. The van der Waals surface area contributed by atoms with Gasteiger partial charge in [0.25, 0.3) is 0 Å². The quantitative estimate of drug-likeness (QED) is 0.784. The van der Waals surface area contributed by atoms with Crippen molar-refractivity contribution in [3.63, 3.8) is 0 Å². The molecule has 0 radical (unpaired) electrons. The average Bonchev–Trinajstić information content (AvgIpc) is 2.47. The first-order valence-electron chi connectivity index (χ1n) is 4.22. The van der Waals surface area contributed by atoms with Gasteiger partial charge in [0, 0.05) is 0 Å². The van der Waals surface area contributed by atoms with Crippen LogP contribution in [0.2, 0.25) is 5.22 Å². The molecule has 1 unspecified atom stereocenters. The maximum absolute atomic E-state index is 5.64. The van der Waals surface area contributed by atoms with Crippen LogP contribution < -0.4 is 5.32 Å². The number of rotatable bonds is 4. The minimum absolute atomic E-state index is 0.248. The standard InChI is InChI=1S/C9H14ClNO/c1-3-6-11-7(2)8-4-5-9(10)12-8/h4-5,7,11H,3,6H2,1-2H3. The zero-order valence-corrected chi connectivity index (χ0v) is 8.19. The van der Waals surface area contributed by atoms with E-state index in [9.17, 15) is 0 Å². The molecule has 0 bridgehead atoms. The Hall–Kier alpha value is -0.470. The number of hydrogen-bond donors (Lipinski definition) is 1. The lowest BCUT2D eigenvalue weighted by atomic mass is 10.2. The van der Waals surface area contributed by atoms with Gasteiger partial charge in [0.05, 0.1) is 6.04 Å². The van der Waals surface area contributed by atoms with Gasteiger partial charge in [-0.2, -0.15) is 0 Å². The second kappa shape index (κ2) is 4.53.